The van der Waals surface area contributed by atoms with Crippen LogP contribution in [0.3, 0.4) is 0 Å². The van der Waals surface area contributed by atoms with Crippen molar-refractivity contribution in [2.75, 3.05) is 19.0 Å². The van der Waals surface area contributed by atoms with Crippen molar-refractivity contribution in [2.24, 2.45) is 0 Å². The monoisotopic (exact) mass is 314 g/mol. The summed E-state index contributed by atoms with van der Waals surface area (Å²) in [6.07, 6.45) is 2.54. The molecule has 0 bridgehead atoms. The minimum absolute atomic E-state index is 0.0316. The highest BCUT2D eigenvalue weighted by Gasteiger charge is 2.21. The fraction of sp³-hybridized carbons (Fsp3) is 0.538. The molecule has 1 amide bonds. The molecule has 0 atom stereocenters. The molecule has 0 aromatic carbocycles. The van der Waals surface area contributed by atoms with E-state index < -0.39 is 0 Å². The molecule has 0 radical (unpaired) electrons. The van der Waals surface area contributed by atoms with Gasteiger partial charge in [0, 0.05) is 24.1 Å². The van der Waals surface area contributed by atoms with Crippen molar-refractivity contribution in [3.8, 4) is 5.88 Å². The Morgan fingerprint density at radius 2 is 2.28 bits per heavy atom. The molecule has 0 fully saturated rings. The van der Waals surface area contributed by atoms with E-state index in [0.717, 1.165) is 18.3 Å². The second kappa shape index (κ2) is 7.36. The summed E-state index contributed by atoms with van der Waals surface area (Å²) in [5.74, 6) is 0.350. The van der Waals surface area contributed by atoms with Gasteiger partial charge in [0.05, 0.1) is 7.11 Å². The molecule has 0 N–H and O–H groups in total. The number of carbonyl (C=O) groups excluding carboxylic acids is 1. The summed E-state index contributed by atoms with van der Waals surface area (Å²) in [6, 6.07) is 3.65. The molecule has 0 unspecified atom stereocenters. The highest BCUT2D eigenvalue weighted by atomic mass is 79.9. The predicted molar refractivity (Wildman–Crippen MR) is 75.4 cm³/mol. The van der Waals surface area contributed by atoms with Crippen molar-refractivity contribution in [1.82, 2.24) is 9.88 Å². The van der Waals surface area contributed by atoms with Gasteiger partial charge in [0.25, 0.3) is 5.91 Å². The minimum Gasteiger partial charge on any atom is -0.480 e. The van der Waals surface area contributed by atoms with Gasteiger partial charge in [-0.1, -0.05) is 15.9 Å². The lowest BCUT2D eigenvalue weighted by molar-refractivity contribution is 0.0702. The number of ether oxygens (including phenoxy) is 1. The van der Waals surface area contributed by atoms with Crippen LogP contribution in [0.25, 0.3) is 0 Å². The molecular weight excluding hydrogens is 296 g/mol. The van der Waals surface area contributed by atoms with Crippen molar-refractivity contribution in [3.63, 3.8) is 0 Å². The number of nitrogens with zero attached hydrogens (tertiary/aromatic N) is 2. The molecule has 1 heterocycles. The Balaban J connectivity index is 2.94. The summed E-state index contributed by atoms with van der Waals surface area (Å²) >= 11 is 3.39. The summed E-state index contributed by atoms with van der Waals surface area (Å²) in [6.45, 7) is 4.74. The largest absolute Gasteiger partial charge is 0.480 e. The molecule has 100 valence electrons. The Morgan fingerprint density at radius 1 is 1.56 bits per heavy atom. The molecule has 1 aromatic rings. The van der Waals surface area contributed by atoms with E-state index in [2.05, 4.69) is 20.9 Å². The summed E-state index contributed by atoms with van der Waals surface area (Å²) < 4.78 is 5.13. The van der Waals surface area contributed by atoms with Crippen LogP contribution in [0, 0.1) is 0 Å². The molecule has 1 rings (SSSR count). The predicted octanol–water partition coefficient (Wildman–Crippen LogP) is 2.73. The van der Waals surface area contributed by atoms with E-state index in [-0.39, 0.29) is 11.9 Å². The van der Waals surface area contributed by atoms with Crippen LogP contribution in [-0.4, -0.2) is 40.8 Å². The Kier molecular flexibility index (Phi) is 6.12. The molecular formula is C13H19BrN2O2. The number of alkyl halides is 1. The number of aromatic nitrogens is 1. The van der Waals surface area contributed by atoms with E-state index in [4.69, 9.17) is 4.74 Å². The summed E-state index contributed by atoms with van der Waals surface area (Å²) in [4.78, 5) is 18.4. The second-order valence-electron chi connectivity index (χ2n) is 4.20. The Bertz CT molecular complexity index is 396. The quantitative estimate of drug-likeness (QED) is 0.758. The topological polar surface area (TPSA) is 42.4 Å². The Hall–Kier alpha value is -1.10. The molecule has 0 spiro atoms. The maximum absolute atomic E-state index is 12.5. The Morgan fingerprint density at radius 3 is 2.83 bits per heavy atom. The van der Waals surface area contributed by atoms with E-state index in [0.29, 0.717) is 11.4 Å². The third-order valence-corrected chi connectivity index (χ3v) is 3.17. The second-order valence-corrected chi connectivity index (χ2v) is 4.99. The molecule has 0 aliphatic heterocycles. The van der Waals surface area contributed by atoms with Gasteiger partial charge in [-0.2, -0.15) is 0 Å². The normalized spacial score (nSPS) is 10.5. The molecule has 5 heteroatoms. The van der Waals surface area contributed by atoms with Crippen LogP contribution in [0.4, 0.5) is 0 Å². The number of rotatable bonds is 6. The van der Waals surface area contributed by atoms with Gasteiger partial charge in [-0.05, 0) is 32.4 Å². The number of hydrogen-bond acceptors (Lipinski definition) is 3. The van der Waals surface area contributed by atoms with Crippen LogP contribution in [-0.2, 0) is 0 Å². The molecule has 0 aliphatic rings. The number of hydrogen-bond donors (Lipinski definition) is 0. The minimum atomic E-state index is -0.0316. The molecule has 1 aromatic heterocycles. The van der Waals surface area contributed by atoms with Gasteiger partial charge in [0.1, 0.15) is 5.56 Å². The van der Waals surface area contributed by atoms with Crippen molar-refractivity contribution in [2.45, 2.75) is 26.3 Å². The van der Waals surface area contributed by atoms with E-state index in [1.807, 2.05) is 18.7 Å². The van der Waals surface area contributed by atoms with Crippen LogP contribution in [0.15, 0.2) is 18.3 Å². The highest BCUT2D eigenvalue weighted by Crippen LogP contribution is 2.17. The van der Waals surface area contributed by atoms with Gasteiger partial charge in [0.15, 0.2) is 0 Å². The number of halogens is 1. The average Bonchev–Trinajstić information content (AvgIpc) is 2.38. The lowest BCUT2D eigenvalue weighted by Crippen LogP contribution is -2.38. The van der Waals surface area contributed by atoms with Gasteiger partial charge >= 0.3 is 0 Å². The number of amides is 1. The third kappa shape index (κ3) is 3.70. The zero-order chi connectivity index (χ0) is 13.5. The van der Waals surface area contributed by atoms with Crippen molar-refractivity contribution in [3.05, 3.63) is 23.9 Å². The van der Waals surface area contributed by atoms with E-state index in [1.165, 1.54) is 7.11 Å². The number of carbonyl (C=O) groups is 1. The smallest absolute Gasteiger partial charge is 0.259 e. The van der Waals surface area contributed by atoms with E-state index >= 15 is 0 Å². The summed E-state index contributed by atoms with van der Waals surface area (Å²) in [5, 5.41) is 0.883. The maximum atomic E-state index is 12.5. The van der Waals surface area contributed by atoms with E-state index in [9.17, 15) is 4.79 Å². The fourth-order valence-corrected chi connectivity index (χ4v) is 1.95. The lowest BCUT2D eigenvalue weighted by Gasteiger charge is -2.27. The van der Waals surface area contributed by atoms with E-state index in [1.54, 1.807) is 18.3 Å². The zero-order valence-electron chi connectivity index (χ0n) is 11.0. The fourth-order valence-electron chi connectivity index (χ4n) is 1.70. The molecule has 4 nitrogen and oxygen atoms in total. The summed E-state index contributed by atoms with van der Waals surface area (Å²) in [5.41, 5.74) is 0.517. The van der Waals surface area contributed by atoms with Gasteiger partial charge in [-0.3, -0.25) is 4.79 Å². The van der Waals surface area contributed by atoms with Crippen LogP contribution < -0.4 is 4.74 Å². The standard InChI is InChI=1S/C13H19BrN2O2/c1-10(2)16(9-5-7-14)13(17)11-6-4-8-15-12(11)18-3/h4,6,8,10H,5,7,9H2,1-3H3. The van der Waals surface area contributed by atoms with Crippen molar-refractivity contribution >= 4 is 21.8 Å². The van der Waals surface area contributed by atoms with Gasteiger partial charge in [0.2, 0.25) is 5.88 Å². The van der Waals surface area contributed by atoms with Crippen molar-refractivity contribution < 1.29 is 9.53 Å². The third-order valence-electron chi connectivity index (χ3n) is 2.61. The zero-order valence-corrected chi connectivity index (χ0v) is 12.6. The average molecular weight is 315 g/mol. The first-order chi connectivity index (χ1) is 8.61. The number of pyridine rings is 1. The molecule has 18 heavy (non-hydrogen) atoms. The lowest BCUT2D eigenvalue weighted by atomic mass is 10.2. The van der Waals surface area contributed by atoms with Crippen LogP contribution >= 0.6 is 15.9 Å². The molecule has 0 aliphatic carbocycles. The van der Waals surface area contributed by atoms with Crippen LogP contribution in [0.1, 0.15) is 30.6 Å². The molecule has 0 saturated carbocycles. The van der Waals surface area contributed by atoms with Gasteiger partial charge in [-0.15, -0.1) is 0 Å². The summed E-state index contributed by atoms with van der Waals surface area (Å²) in [7, 11) is 1.53. The first-order valence-electron chi connectivity index (χ1n) is 5.97. The van der Waals surface area contributed by atoms with Crippen LogP contribution in [0.5, 0.6) is 5.88 Å². The first kappa shape index (κ1) is 15.0. The van der Waals surface area contributed by atoms with Crippen molar-refractivity contribution in [1.29, 1.82) is 0 Å². The van der Waals surface area contributed by atoms with Gasteiger partial charge < -0.3 is 9.64 Å². The maximum Gasteiger partial charge on any atom is 0.259 e. The number of methoxy groups -OCH3 is 1. The van der Waals surface area contributed by atoms with Crippen LogP contribution in [0.2, 0.25) is 0 Å². The van der Waals surface area contributed by atoms with Gasteiger partial charge in [-0.25, -0.2) is 4.98 Å². The SMILES string of the molecule is COc1ncccc1C(=O)N(CCCBr)C(C)C. The Labute approximate surface area is 116 Å². The molecule has 0 saturated heterocycles. The highest BCUT2D eigenvalue weighted by molar-refractivity contribution is 9.09. The first-order valence-corrected chi connectivity index (χ1v) is 7.10.